The molecule has 0 heterocycles. The summed E-state index contributed by atoms with van der Waals surface area (Å²) in [7, 11) is -1.23. The highest BCUT2D eigenvalue weighted by atomic mass is 31.1. The summed E-state index contributed by atoms with van der Waals surface area (Å²) >= 11 is 0. The predicted molar refractivity (Wildman–Crippen MR) is 218 cm³/mol. The van der Waals surface area contributed by atoms with Gasteiger partial charge >= 0.3 is 12.4 Å². The molecular weight excluding hydrogens is 768 g/mol. The average molecular weight is 823 g/mol. The molecule has 4 rings (SSSR count). The van der Waals surface area contributed by atoms with E-state index in [0.29, 0.717) is 11.5 Å². The molecular formula is C44H54F6O4P2. The fourth-order valence-corrected chi connectivity index (χ4v) is 7.79. The van der Waals surface area contributed by atoms with Gasteiger partial charge in [0.05, 0.1) is 11.1 Å². The molecule has 306 valence electrons. The molecule has 0 amide bonds. The van der Waals surface area contributed by atoms with Crippen molar-refractivity contribution in [2.45, 2.75) is 131 Å². The Morgan fingerprint density at radius 1 is 0.393 bits per heavy atom. The van der Waals surface area contributed by atoms with Crippen LogP contribution in [0.5, 0.6) is 23.0 Å². The maximum Gasteiger partial charge on any atom is 0.416 e. The lowest BCUT2D eigenvalue weighted by atomic mass is 9.72. The fraction of sp³-hybridized carbons (Fsp3) is 0.455. The second kappa shape index (κ2) is 16.0. The molecule has 4 nitrogen and oxygen atoms in total. The maximum absolute atomic E-state index is 13.3. The standard InChI is InChI=1S/C44H54F6O4P2/c1-25-31(39(3,4)5)23-33(41(9,10)11)37(53-55-51-29-19-15-27(16-20-29)43(45,46)47)35(25)36-26(2)32(40(6,7)8)24-34(42(12,13)14)38(36)54-56-52-30-21-17-28(18-22-30)44(48,49)50/h15-24,55-56H,1-14H3. The molecule has 0 spiro atoms. The molecule has 12 heteroatoms. The first-order valence-corrected chi connectivity index (χ1v) is 19.9. The van der Waals surface area contributed by atoms with E-state index in [2.05, 4.69) is 109 Å². The van der Waals surface area contributed by atoms with Crippen molar-refractivity contribution in [1.82, 2.24) is 0 Å². The first-order chi connectivity index (χ1) is 25.4. The summed E-state index contributed by atoms with van der Waals surface area (Å²) in [4.78, 5) is 0. The van der Waals surface area contributed by atoms with Crippen LogP contribution in [-0.4, -0.2) is 0 Å². The molecule has 0 saturated carbocycles. The third-order valence-electron chi connectivity index (χ3n) is 9.53. The molecule has 0 radical (unpaired) electrons. The number of hydrogen-bond donors (Lipinski definition) is 0. The van der Waals surface area contributed by atoms with Crippen LogP contribution in [0.4, 0.5) is 26.3 Å². The van der Waals surface area contributed by atoms with Crippen LogP contribution in [0.3, 0.4) is 0 Å². The Morgan fingerprint density at radius 2 is 0.661 bits per heavy atom. The van der Waals surface area contributed by atoms with E-state index in [1.54, 1.807) is 0 Å². The lowest BCUT2D eigenvalue weighted by Crippen LogP contribution is -2.22. The molecule has 0 bridgehead atoms. The highest BCUT2D eigenvalue weighted by Gasteiger charge is 2.36. The summed E-state index contributed by atoms with van der Waals surface area (Å²) in [5, 5.41) is 0. The smallest absolute Gasteiger partial charge is 0.416 e. The number of rotatable bonds is 9. The van der Waals surface area contributed by atoms with Crippen molar-refractivity contribution in [3.05, 3.63) is 105 Å². The highest BCUT2D eigenvalue weighted by Crippen LogP contribution is 2.54. The topological polar surface area (TPSA) is 36.9 Å². The molecule has 4 aromatic carbocycles. The van der Waals surface area contributed by atoms with Crippen LogP contribution in [0, 0.1) is 13.8 Å². The van der Waals surface area contributed by atoms with Gasteiger partial charge in [-0.25, -0.2) is 0 Å². The first-order valence-electron chi connectivity index (χ1n) is 18.3. The molecule has 4 aromatic rings. The van der Waals surface area contributed by atoms with Crippen LogP contribution in [0.2, 0.25) is 0 Å². The zero-order chi connectivity index (χ0) is 42.4. The minimum atomic E-state index is -4.48. The van der Waals surface area contributed by atoms with Crippen molar-refractivity contribution in [3.63, 3.8) is 0 Å². The van der Waals surface area contributed by atoms with Gasteiger partial charge in [0.25, 0.3) is 18.1 Å². The van der Waals surface area contributed by atoms with Gasteiger partial charge in [-0.2, -0.15) is 26.3 Å². The van der Waals surface area contributed by atoms with Crippen LogP contribution < -0.4 is 18.1 Å². The van der Waals surface area contributed by atoms with E-state index in [0.717, 1.165) is 68.8 Å². The molecule has 0 aliphatic rings. The van der Waals surface area contributed by atoms with Gasteiger partial charge in [-0.3, -0.25) is 0 Å². The SMILES string of the molecule is Cc1c(C(C)(C)C)cc(C(C)(C)C)c(OPOc2ccc(C(F)(F)F)cc2)c1-c1c(C)c(C(C)(C)C)cc(C(C)(C)C)c1OPOc1ccc(C(F)(F)F)cc1. The van der Waals surface area contributed by atoms with E-state index in [-0.39, 0.29) is 22.3 Å². The van der Waals surface area contributed by atoms with Crippen LogP contribution >= 0.6 is 18.1 Å². The minimum absolute atomic E-state index is 0.227. The Labute approximate surface area is 332 Å². The summed E-state index contributed by atoms with van der Waals surface area (Å²) in [5.41, 5.74) is 4.42. The van der Waals surface area contributed by atoms with E-state index in [1.165, 1.54) is 24.3 Å². The molecule has 0 fully saturated rings. The minimum Gasteiger partial charge on any atom is -0.441 e. The molecule has 56 heavy (non-hydrogen) atoms. The van der Waals surface area contributed by atoms with Crippen molar-refractivity contribution >= 4 is 18.1 Å². The Kier molecular flexibility index (Phi) is 13.0. The van der Waals surface area contributed by atoms with Gasteiger partial charge in [0.15, 0.2) is 0 Å². The van der Waals surface area contributed by atoms with Gasteiger partial charge in [0, 0.05) is 22.3 Å². The highest BCUT2D eigenvalue weighted by molar-refractivity contribution is 7.27. The summed E-state index contributed by atoms with van der Waals surface area (Å²) in [5.74, 6) is 1.56. The van der Waals surface area contributed by atoms with E-state index in [9.17, 15) is 26.3 Å². The third-order valence-corrected chi connectivity index (χ3v) is 10.7. The van der Waals surface area contributed by atoms with Crippen molar-refractivity contribution in [1.29, 1.82) is 0 Å². The number of halogens is 6. The molecule has 0 aromatic heterocycles. The zero-order valence-corrected chi connectivity index (χ0v) is 36.7. The Morgan fingerprint density at radius 3 is 0.893 bits per heavy atom. The Balaban J connectivity index is 2.01. The van der Waals surface area contributed by atoms with E-state index in [1.807, 2.05) is 0 Å². The number of benzene rings is 4. The average Bonchev–Trinajstić information content (AvgIpc) is 3.03. The molecule has 0 aliphatic heterocycles. The first kappa shape index (κ1) is 45.2. The van der Waals surface area contributed by atoms with E-state index < -0.39 is 52.4 Å². The second-order valence-electron chi connectivity index (χ2n) is 18.2. The molecule has 0 saturated heterocycles. The largest absolute Gasteiger partial charge is 0.441 e. The quantitative estimate of drug-likeness (QED) is 0.124. The van der Waals surface area contributed by atoms with Gasteiger partial charge in [-0.1, -0.05) is 95.2 Å². The maximum atomic E-state index is 13.3. The van der Waals surface area contributed by atoms with E-state index >= 15 is 0 Å². The lowest BCUT2D eigenvalue weighted by molar-refractivity contribution is -0.138. The molecule has 0 aliphatic carbocycles. The van der Waals surface area contributed by atoms with Crippen LogP contribution in [0.25, 0.3) is 11.1 Å². The second-order valence-corrected chi connectivity index (χ2v) is 19.4. The molecule has 2 unspecified atom stereocenters. The summed E-state index contributed by atoms with van der Waals surface area (Å²) in [6.07, 6.45) is -8.96. The summed E-state index contributed by atoms with van der Waals surface area (Å²) in [6, 6.07) is 13.3. The number of alkyl halides is 6. The van der Waals surface area contributed by atoms with Crippen molar-refractivity contribution in [2.75, 3.05) is 0 Å². The van der Waals surface area contributed by atoms with Gasteiger partial charge < -0.3 is 18.1 Å². The third kappa shape index (κ3) is 10.5. The molecule has 2 atom stereocenters. The van der Waals surface area contributed by atoms with Crippen molar-refractivity contribution in [3.8, 4) is 34.1 Å². The lowest BCUT2D eigenvalue weighted by Gasteiger charge is -2.35. The van der Waals surface area contributed by atoms with E-state index in [4.69, 9.17) is 18.1 Å². The number of hydrogen-bond acceptors (Lipinski definition) is 4. The van der Waals surface area contributed by atoms with Gasteiger partial charge in [-0.15, -0.1) is 0 Å². The summed E-state index contributed by atoms with van der Waals surface area (Å²) in [6.45, 7) is 29.6. The fourth-order valence-electron chi connectivity index (χ4n) is 6.65. The normalized spacial score (nSPS) is 13.6. The Bertz CT molecular complexity index is 1860. The van der Waals surface area contributed by atoms with Gasteiger partial charge in [0.2, 0.25) is 0 Å². The van der Waals surface area contributed by atoms with Crippen molar-refractivity contribution in [2.24, 2.45) is 0 Å². The Hall–Kier alpha value is -3.48. The monoisotopic (exact) mass is 822 g/mol. The zero-order valence-electron chi connectivity index (χ0n) is 34.7. The van der Waals surface area contributed by atoms with Gasteiger partial charge in [0.1, 0.15) is 23.0 Å². The van der Waals surface area contributed by atoms with Crippen LogP contribution in [-0.2, 0) is 34.0 Å². The van der Waals surface area contributed by atoms with Crippen LogP contribution in [0.1, 0.15) is 128 Å². The predicted octanol–water partition coefficient (Wildman–Crippen LogP) is 15.1. The molecule has 0 N–H and O–H groups in total. The van der Waals surface area contributed by atoms with Crippen molar-refractivity contribution < 1.29 is 44.4 Å². The summed E-state index contributed by atoms with van der Waals surface area (Å²) < 4.78 is 105. The van der Waals surface area contributed by atoms with Gasteiger partial charge in [-0.05, 0) is 106 Å². The van der Waals surface area contributed by atoms with Crippen LogP contribution in [0.15, 0.2) is 60.7 Å².